The lowest BCUT2D eigenvalue weighted by molar-refractivity contribution is -0.119. The van der Waals surface area contributed by atoms with Crippen LogP contribution >= 0.6 is 0 Å². The number of nitrogens with two attached hydrogens (primary N) is 1. The smallest absolute Gasteiger partial charge is 0.255 e. The molecular formula is C21H24N2O4. The van der Waals surface area contributed by atoms with Crippen molar-refractivity contribution in [2.75, 3.05) is 26.8 Å². The molecule has 2 aromatic carbocycles. The lowest BCUT2D eigenvalue weighted by atomic mass is 9.99. The highest BCUT2D eigenvalue weighted by molar-refractivity contribution is 5.95. The SMILES string of the molecule is COc1cc(C(=O)N2CCC(Cc3ccccc3)C2)ccc1OCC(N)=O. The standard InChI is InChI=1S/C21H24N2O4/c1-26-19-12-17(7-8-18(19)27-14-20(22)24)21(25)23-10-9-16(13-23)11-15-5-3-2-4-6-15/h2-8,12,16H,9-11,13-14H2,1H3,(H2,22,24). The van der Waals surface area contributed by atoms with E-state index in [4.69, 9.17) is 15.2 Å². The molecule has 0 radical (unpaired) electrons. The Hall–Kier alpha value is -3.02. The summed E-state index contributed by atoms with van der Waals surface area (Å²) < 4.78 is 10.6. The van der Waals surface area contributed by atoms with Crippen LogP contribution in [0.4, 0.5) is 0 Å². The van der Waals surface area contributed by atoms with Crippen LogP contribution < -0.4 is 15.2 Å². The van der Waals surface area contributed by atoms with E-state index in [2.05, 4.69) is 12.1 Å². The van der Waals surface area contributed by atoms with Gasteiger partial charge in [-0.05, 0) is 42.5 Å². The Bertz CT molecular complexity index is 807. The van der Waals surface area contributed by atoms with E-state index in [0.29, 0.717) is 23.0 Å². The van der Waals surface area contributed by atoms with E-state index in [0.717, 1.165) is 25.9 Å². The molecule has 0 aromatic heterocycles. The molecule has 27 heavy (non-hydrogen) atoms. The van der Waals surface area contributed by atoms with Crippen LogP contribution in [0.25, 0.3) is 0 Å². The van der Waals surface area contributed by atoms with Gasteiger partial charge < -0.3 is 20.1 Å². The molecule has 1 unspecified atom stereocenters. The Morgan fingerprint density at radius 1 is 1.15 bits per heavy atom. The molecular weight excluding hydrogens is 344 g/mol. The normalized spacial score (nSPS) is 16.2. The minimum Gasteiger partial charge on any atom is -0.493 e. The monoisotopic (exact) mass is 368 g/mol. The Labute approximate surface area is 158 Å². The molecule has 2 aromatic rings. The number of carbonyl (C=O) groups is 2. The number of carbonyl (C=O) groups excluding carboxylic acids is 2. The van der Waals surface area contributed by atoms with Gasteiger partial charge in [-0.15, -0.1) is 0 Å². The molecule has 1 saturated heterocycles. The molecule has 1 fully saturated rings. The fourth-order valence-corrected chi connectivity index (χ4v) is 3.38. The lowest BCUT2D eigenvalue weighted by Crippen LogP contribution is -2.29. The first kappa shape index (κ1) is 18.8. The number of nitrogens with zero attached hydrogens (tertiary/aromatic N) is 1. The van der Waals surface area contributed by atoms with Crippen molar-refractivity contribution in [3.05, 3.63) is 59.7 Å². The Balaban J connectivity index is 1.64. The van der Waals surface area contributed by atoms with Crippen LogP contribution in [0.3, 0.4) is 0 Å². The van der Waals surface area contributed by atoms with Gasteiger partial charge in [-0.1, -0.05) is 30.3 Å². The van der Waals surface area contributed by atoms with Gasteiger partial charge in [0, 0.05) is 18.7 Å². The molecule has 0 bridgehead atoms. The maximum Gasteiger partial charge on any atom is 0.255 e. The third kappa shape index (κ3) is 4.78. The molecule has 6 heteroatoms. The molecule has 142 valence electrons. The summed E-state index contributed by atoms with van der Waals surface area (Å²) in [6.45, 7) is 1.26. The predicted octanol–water partition coefficient (Wildman–Crippen LogP) is 2.26. The van der Waals surface area contributed by atoms with Crippen molar-refractivity contribution >= 4 is 11.8 Å². The summed E-state index contributed by atoms with van der Waals surface area (Å²) >= 11 is 0. The third-order valence-electron chi connectivity index (χ3n) is 4.72. The van der Waals surface area contributed by atoms with Gasteiger partial charge in [0.05, 0.1) is 7.11 Å². The van der Waals surface area contributed by atoms with Gasteiger partial charge >= 0.3 is 0 Å². The first-order valence-corrected chi connectivity index (χ1v) is 8.99. The van der Waals surface area contributed by atoms with Crippen LogP contribution in [-0.2, 0) is 11.2 Å². The zero-order valence-corrected chi connectivity index (χ0v) is 15.4. The van der Waals surface area contributed by atoms with Crippen molar-refractivity contribution in [2.24, 2.45) is 11.7 Å². The number of hydrogen-bond acceptors (Lipinski definition) is 4. The van der Waals surface area contributed by atoms with Crippen molar-refractivity contribution in [2.45, 2.75) is 12.8 Å². The second kappa shape index (κ2) is 8.58. The molecule has 1 aliphatic heterocycles. The number of benzene rings is 2. The summed E-state index contributed by atoms with van der Waals surface area (Å²) in [4.78, 5) is 25.6. The van der Waals surface area contributed by atoms with E-state index >= 15 is 0 Å². The summed E-state index contributed by atoms with van der Waals surface area (Å²) in [5, 5.41) is 0. The summed E-state index contributed by atoms with van der Waals surface area (Å²) in [5.74, 6) is 0.666. The molecule has 3 rings (SSSR count). The molecule has 6 nitrogen and oxygen atoms in total. The van der Waals surface area contributed by atoms with Crippen LogP contribution in [0, 0.1) is 5.92 Å². The molecule has 2 N–H and O–H groups in total. The minimum absolute atomic E-state index is 0.0229. The van der Waals surface area contributed by atoms with E-state index in [9.17, 15) is 9.59 Å². The molecule has 0 aliphatic carbocycles. The maximum atomic E-state index is 12.8. The van der Waals surface area contributed by atoms with Crippen molar-refractivity contribution in [3.8, 4) is 11.5 Å². The van der Waals surface area contributed by atoms with Gasteiger partial charge in [-0.3, -0.25) is 9.59 Å². The first-order chi connectivity index (χ1) is 13.1. The topological polar surface area (TPSA) is 81.9 Å². The average Bonchev–Trinajstić information content (AvgIpc) is 3.14. The highest BCUT2D eigenvalue weighted by Crippen LogP contribution is 2.30. The third-order valence-corrected chi connectivity index (χ3v) is 4.72. The number of ether oxygens (including phenoxy) is 2. The average molecular weight is 368 g/mol. The van der Waals surface area contributed by atoms with Gasteiger partial charge in [0.25, 0.3) is 11.8 Å². The van der Waals surface area contributed by atoms with Crippen molar-refractivity contribution < 1.29 is 19.1 Å². The quantitative estimate of drug-likeness (QED) is 0.813. The highest BCUT2D eigenvalue weighted by atomic mass is 16.5. The number of rotatable bonds is 7. The second-order valence-electron chi connectivity index (χ2n) is 6.72. The van der Waals surface area contributed by atoms with Crippen LogP contribution in [0.5, 0.6) is 11.5 Å². The molecule has 1 aliphatic rings. The Morgan fingerprint density at radius 3 is 2.63 bits per heavy atom. The van der Waals surface area contributed by atoms with Gasteiger partial charge in [0.1, 0.15) is 0 Å². The second-order valence-corrected chi connectivity index (χ2v) is 6.72. The maximum absolute atomic E-state index is 12.8. The van der Waals surface area contributed by atoms with E-state index in [1.807, 2.05) is 23.1 Å². The van der Waals surface area contributed by atoms with Gasteiger partial charge in [-0.2, -0.15) is 0 Å². The fourth-order valence-electron chi connectivity index (χ4n) is 3.38. The minimum atomic E-state index is -0.571. The van der Waals surface area contributed by atoms with Gasteiger partial charge in [-0.25, -0.2) is 0 Å². The van der Waals surface area contributed by atoms with Crippen LogP contribution in [0.1, 0.15) is 22.3 Å². The number of likely N-dealkylation sites (tertiary alicyclic amines) is 1. The summed E-state index contributed by atoms with van der Waals surface area (Å²) in [7, 11) is 1.49. The van der Waals surface area contributed by atoms with E-state index in [-0.39, 0.29) is 12.5 Å². The van der Waals surface area contributed by atoms with Crippen molar-refractivity contribution in [1.29, 1.82) is 0 Å². The zero-order chi connectivity index (χ0) is 19.2. The molecule has 0 spiro atoms. The molecule has 2 amide bonds. The Morgan fingerprint density at radius 2 is 1.93 bits per heavy atom. The fraction of sp³-hybridized carbons (Fsp3) is 0.333. The number of amides is 2. The van der Waals surface area contributed by atoms with Crippen molar-refractivity contribution in [3.63, 3.8) is 0 Å². The van der Waals surface area contributed by atoms with Gasteiger partial charge in [0.2, 0.25) is 0 Å². The Kier molecular flexibility index (Phi) is 5.96. The van der Waals surface area contributed by atoms with Gasteiger partial charge in [0.15, 0.2) is 18.1 Å². The molecule has 0 saturated carbocycles. The highest BCUT2D eigenvalue weighted by Gasteiger charge is 2.27. The van der Waals surface area contributed by atoms with E-state index < -0.39 is 5.91 Å². The molecule has 1 atom stereocenters. The number of hydrogen-bond donors (Lipinski definition) is 1. The first-order valence-electron chi connectivity index (χ1n) is 8.99. The zero-order valence-electron chi connectivity index (χ0n) is 15.4. The predicted molar refractivity (Wildman–Crippen MR) is 102 cm³/mol. The number of methoxy groups -OCH3 is 1. The summed E-state index contributed by atoms with van der Waals surface area (Å²) in [6, 6.07) is 15.3. The lowest BCUT2D eigenvalue weighted by Gasteiger charge is -2.18. The van der Waals surface area contributed by atoms with Crippen LogP contribution in [-0.4, -0.2) is 43.5 Å². The van der Waals surface area contributed by atoms with E-state index in [1.165, 1.54) is 12.7 Å². The van der Waals surface area contributed by atoms with Crippen LogP contribution in [0.2, 0.25) is 0 Å². The van der Waals surface area contributed by atoms with Crippen molar-refractivity contribution in [1.82, 2.24) is 4.90 Å². The molecule has 1 heterocycles. The number of primary amides is 1. The van der Waals surface area contributed by atoms with E-state index in [1.54, 1.807) is 18.2 Å². The van der Waals surface area contributed by atoms with Crippen LogP contribution in [0.15, 0.2) is 48.5 Å². The summed E-state index contributed by atoms with van der Waals surface area (Å²) in [6.07, 6.45) is 1.98. The summed E-state index contributed by atoms with van der Waals surface area (Å²) in [5.41, 5.74) is 6.94. The largest absolute Gasteiger partial charge is 0.493 e.